The van der Waals surface area contributed by atoms with Gasteiger partial charge in [-0.25, -0.2) is 4.79 Å². The topological polar surface area (TPSA) is 62.3 Å². The van der Waals surface area contributed by atoms with Gasteiger partial charge in [0, 0.05) is 0 Å². The van der Waals surface area contributed by atoms with Gasteiger partial charge in [0.05, 0.1) is 5.38 Å². The van der Waals surface area contributed by atoms with E-state index in [2.05, 4.69) is 21.9 Å². The van der Waals surface area contributed by atoms with E-state index in [-0.39, 0.29) is 5.88 Å². The number of ether oxygens (including phenoxy) is 1. The van der Waals surface area contributed by atoms with Crippen molar-refractivity contribution < 1.29 is 14.6 Å². The molecule has 0 atom stereocenters. The maximum atomic E-state index is 9.91. The van der Waals surface area contributed by atoms with E-state index in [1.807, 2.05) is 0 Å². The van der Waals surface area contributed by atoms with Crippen molar-refractivity contribution in [1.29, 1.82) is 0 Å². The van der Waals surface area contributed by atoms with E-state index in [1.165, 1.54) is 16.7 Å². The van der Waals surface area contributed by atoms with Crippen molar-refractivity contribution in [2.45, 2.75) is 0 Å². The summed E-state index contributed by atoms with van der Waals surface area (Å²) in [7, 11) is 0. The van der Waals surface area contributed by atoms with Crippen molar-refractivity contribution in [3.8, 4) is 5.88 Å². The van der Waals surface area contributed by atoms with Crippen molar-refractivity contribution in [3.05, 3.63) is 9.33 Å². The molecule has 54 valence electrons. The minimum absolute atomic E-state index is 0.169. The molecule has 10 heavy (non-hydrogen) atoms. The first-order valence-electron chi connectivity index (χ1n) is 2.27. The highest BCUT2D eigenvalue weighted by molar-refractivity contribution is 7.73. The monoisotopic (exact) mass is 177 g/mol. The average molecular weight is 177 g/mol. The quantitative estimate of drug-likeness (QED) is 0.507. The Kier molecular flexibility index (Phi) is 2.03. The molecular weight excluding hydrogens is 174 g/mol. The number of nitrogens with one attached hydrogen (secondary N) is 1. The van der Waals surface area contributed by atoms with Crippen molar-refractivity contribution in [1.82, 2.24) is 4.98 Å². The molecule has 0 spiro atoms. The summed E-state index contributed by atoms with van der Waals surface area (Å²) in [5.41, 5.74) is 0. The van der Waals surface area contributed by atoms with E-state index >= 15 is 0 Å². The molecule has 0 aliphatic heterocycles. The highest BCUT2D eigenvalue weighted by Crippen LogP contribution is 2.11. The second-order valence-electron chi connectivity index (χ2n) is 1.38. The Hall–Kier alpha value is -0.880. The Bertz CT molecular complexity index is 289. The Labute approximate surface area is 65.1 Å². The van der Waals surface area contributed by atoms with Crippen molar-refractivity contribution in [2.75, 3.05) is 0 Å². The molecule has 1 rings (SSSR count). The maximum absolute atomic E-state index is 9.91. The summed E-state index contributed by atoms with van der Waals surface area (Å²) in [6.45, 7) is 0. The first-order valence-corrected chi connectivity index (χ1v) is 3.56. The van der Waals surface area contributed by atoms with Gasteiger partial charge in [-0.15, -0.1) is 11.3 Å². The number of thiazole rings is 1. The fraction of sp³-hybridized carbons (Fsp3) is 0. The Balaban J connectivity index is 2.76. The van der Waals surface area contributed by atoms with Crippen LogP contribution in [-0.2, 0) is 0 Å². The third-order valence-electron chi connectivity index (χ3n) is 0.696. The molecule has 2 N–H and O–H groups in total. The van der Waals surface area contributed by atoms with Crippen molar-refractivity contribution >= 4 is 29.7 Å². The number of rotatable bonds is 1. The lowest BCUT2D eigenvalue weighted by atomic mass is 10.9. The van der Waals surface area contributed by atoms with E-state index in [4.69, 9.17) is 5.11 Å². The Morgan fingerprint density at radius 1 is 1.90 bits per heavy atom. The van der Waals surface area contributed by atoms with Gasteiger partial charge in [0.25, 0.3) is 0 Å². The third kappa shape index (κ3) is 1.82. The number of carboxylic acid groups (broad SMARTS) is 1. The summed E-state index contributed by atoms with van der Waals surface area (Å²) in [6.07, 6.45) is -1.34. The summed E-state index contributed by atoms with van der Waals surface area (Å²) in [5, 5.41) is 9.60. The zero-order chi connectivity index (χ0) is 7.56. The van der Waals surface area contributed by atoms with E-state index in [0.29, 0.717) is 3.95 Å². The van der Waals surface area contributed by atoms with Crippen LogP contribution in [0.3, 0.4) is 0 Å². The zero-order valence-electron chi connectivity index (χ0n) is 4.66. The second kappa shape index (κ2) is 2.80. The van der Waals surface area contributed by atoms with Crippen LogP contribution in [-0.4, -0.2) is 16.2 Å². The lowest BCUT2D eigenvalue weighted by Crippen LogP contribution is -2.02. The van der Waals surface area contributed by atoms with Gasteiger partial charge in [-0.2, -0.15) is 0 Å². The summed E-state index contributed by atoms with van der Waals surface area (Å²) in [4.78, 5) is 12.4. The van der Waals surface area contributed by atoms with Crippen LogP contribution in [0.25, 0.3) is 0 Å². The molecule has 0 unspecified atom stereocenters. The predicted octanol–water partition coefficient (Wildman–Crippen LogP) is 1.86. The first kappa shape index (κ1) is 7.23. The molecule has 1 heterocycles. The van der Waals surface area contributed by atoms with Crippen molar-refractivity contribution in [3.63, 3.8) is 0 Å². The summed E-state index contributed by atoms with van der Waals surface area (Å²) in [5.74, 6) is 0.169. The van der Waals surface area contributed by atoms with Crippen LogP contribution in [0.2, 0.25) is 0 Å². The van der Waals surface area contributed by atoms with E-state index < -0.39 is 6.16 Å². The largest absolute Gasteiger partial charge is 0.512 e. The summed E-state index contributed by atoms with van der Waals surface area (Å²) < 4.78 is 4.74. The van der Waals surface area contributed by atoms with Crippen LogP contribution in [0.1, 0.15) is 0 Å². The second-order valence-corrected chi connectivity index (χ2v) is 2.93. The van der Waals surface area contributed by atoms with Gasteiger partial charge in [0.1, 0.15) is 0 Å². The number of hydrogen-bond donors (Lipinski definition) is 2. The molecule has 0 fully saturated rings. The molecule has 4 nitrogen and oxygen atoms in total. The minimum Gasteiger partial charge on any atom is -0.449 e. The summed E-state index contributed by atoms with van der Waals surface area (Å²) in [6, 6.07) is 0. The van der Waals surface area contributed by atoms with Gasteiger partial charge in [-0.1, -0.05) is 0 Å². The van der Waals surface area contributed by atoms with E-state index in [9.17, 15) is 4.79 Å². The highest BCUT2D eigenvalue weighted by Gasteiger charge is 2.00. The standard InChI is InChI=1S/C4H3NO3S2/c6-4(7)8-2-1-10-3(9)5-2/h1H,(H,5,9)(H,6,7). The number of aromatic amines is 1. The highest BCUT2D eigenvalue weighted by atomic mass is 32.1. The predicted molar refractivity (Wildman–Crippen MR) is 38.2 cm³/mol. The fourth-order valence-corrected chi connectivity index (χ4v) is 1.14. The molecule has 6 heteroatoms. The van der Waals surface area contributed by atoms with E-state index in [0.717, 1.165) is 0 Å². The van der Waals surface area contributed by atoms with Crippen LogP contribution in [0, 0.1) is 3.95 Å². The number of aromatic nitrogens is 1. The van der Waals surface area contributed by atoms with Crippen LogP contribution >= 0.6 is 23.6 Å². The maximum Gasteiger partial charge on any atom is 0.512 e. The molecule has 1 aromatic rings. The van der Waals surface area contributed by atoms with Gasteiger partial charge >= 0.3 is 6.16 Å². The lowest BCUT2D eigenvalue weighted by molar-refractivity contribution is 0.143. The molecule has 0 aromatic carbocycles. The molecule has 0 aliphatic carbocycles. The molecule has 0 radical (unpaired) electrons. The number of hydrogen-bond acceptors (Lipinski definition) is 4. The van der Waals surface area contributed by atoms with Gasteiger partial charge in [-0.05, 0) is 12.2 Å². The van der Waals surface area contributed by atoms with Gasteiger partial charge in [0.15, 0.2) is 3.95 Å². The molecule has 0 bridgehead atoms. The minimum atomic E-state index is -1.34. The Morgan fingerprint density at radius 2 is 2.60 bits per heavy atom. The van der Waals surface area contributed by atoms with Crippen molar-refractivity contribution in [2.24, 2.45) is 0 Å². The Morgan fingerprint density at radius 3 is 3.00 bits per heavy atom. The summed E-state index contributed by atoms with van der Waals surface area (Å²) >= 11 is 5.89. The lowest BCUT2D eigenvalue weighted by Gasteiger charge is -1.90. The van der Waals surface area contributed by atoms with Gasteiger partial charge in [-0.3, -0.25) is 0 Å². The third-order valence-corrected chi connectivity index (χ3v) is 1.73. The van der Waals surface area contributed by atoms with Crippen LogP contribution in [0.4, 0.5) is 4.79 Å². The molecular formula is C4H3NO3S2. The molecule has 0 saturated heterocycles. The molecule has 0 saturated carbocycles. The molecule has 0 aliphatic rings. The normalized spacial score (nSPS) is 9.20. The smallest absolute Gasteiger partial charge is 0.449 e. The molecule has 0 amide bonds. The average Bonchev–Trinajstić information content (AvgIpc) is 2.13. The van der Waals surface area contributed by atoms with Crippen LogP contribution < -0.4 is 4.74 Å². The first-order chi connectivity index (χ1) is 4.68. The SMILES string of the molecule is O=C(O)Oc1csc(=S)[nH]1. The van der Waals surface area contributed by atoms with Crippen LogP contribution in [0.15, 0.2) is 5.38 Å². The number of carbonyl (C=O) groups is 1. The fourth-order valence-electron chi connectivity index (χ4n) is 0.410. The number of H-pyrrole nitrogens is 1. The van der Waals surface area contributed by atoms with Gasteiger partial charge in [0.2, 0.25) is 5.88 Å². The zero-order valence-corrected chi connectivity index (χ0v) is 6.29. The van der Waals surface area contributed by atoms with E-state index in [1.54, 1.807) is 0 Å². The molecule has 1 aromatic heterocycles. The van der Waals surface area contributed by atoms with Crippen LogP contribution in [0.5, 0.6) is 5.88 Å². The van der Waals surface area contributed by atoms with Gasteiger partial charge < -0.3 is 14.8 Å².